The maximum Gasteiger partial charge on any atom is 0.221 e. The first-order valence-electron chi connectivity index (χ1n) is 5.03. The zero-order chi connectivity index (χ0) is 12.5. The standard InChI is InChI=1S/C9H18O7/c1-4(2)15-8-6(11)7(12)9(13,14)5(3-10)16-8/h4-8,10-14H,3H2,1-2H3. The Morgan fingerprint density at radius 1 is 1.31 bits per heavy atom. The zero-order valence-corrected chi connectivity index (χ0v) is 9.15. The molecule has 96 valence electrons. The van der Waals surface area contributed by atoms with Crippen LogP contribution in [0.3, 0.4) is 0 Å². The summed E-state index contributed by atoms with van der Waals surface area (Å²) in [6, 6.07) is 0. The van der Waals surface area contributed by atoms with E-state index in [9.17, 15) is 20.4 Å². The number of rotatable bonds is 3. The van der Waals surface area contributed by atoms with E-state index in [0.29, 0.717) is 0 Å². The number of aliphatic hydroxyl groups is 5. The molecule has 0 saturated carbocycles. The van der Waals surface area contributed by atoms with Gasteiger partial charge in [-0.1, -0.05) is 0 Å². The van der Waals surface area contributed by atoms with E-state index in [1.807, 2.05) is 0 Å². The van der Waals surface area contributed by atoms with Crippen molar-refractivity contribution in [2.45, 2.75) is 50.3 Å². The molecule has 1 saturated heterocycles. The molecule has 0 spiro atoms. The minimum absolute atomic E-state index is 0.281. The van der Waals surface area contributed by atoms with Crippen molar-refractivity contribution in [1.82, 2.24) is 0 Å². The summed E-state index contributed by atoms with van der Waals surface area (Å²) in [5.74, 6) is -2.70. The fourth-order valence-electron chi connectivity index (χ4n) is 1.49. The average Bonchev–Trinajstić information content (AvgIpc) is 2.19. The van der Waals surface area contributed by atoms with Crippen molar-refractivity contribution >= 4 is 0 Å². The van der Waals surface area contributed by atoms with Crippen LogP contribution in [0.25, 0.3) is 0 Å². The van der Waals surface area contributed by atoms with Crippen LogP contribution in [0.2, 0.25) is 0 Å². The first-order valence-corrected chi connectivity index (χ1v) is 5.03. The predicted molar refractivity (Wildman–Crippen MR) is 51.2 cm³/mol. The van der Waals surface area contributed by atoms with Crippen LogP contribution in [0.15, 0.2) is 0 Å². The minimum Gasteiger partial charge on any atom is -0.393 e. The van der Waals surface area contributed by atoms with Gasteiger partial charge in [0.2, 0.25) is 5.79 Å². The molecule has 1 rings (SSSR count). The summed E-state index contributed by atoms with van der Waals surface area (Å²) in [5, 5.41) is 46.8. The fourth-order valence-corrected chi connectivity index (χ4v) is 1.49. The molecule has 0 radical (unpaired) electrons. The Bertz CT molecular complexity index is 226. The van der Waals surface area contributed by atoms with Crippen LogP contribution in [0, 0.1) is 0 Å². The molecule has 0 aromatic rings. The van der Waals surface area contributed by atoms with Crippen molar-refractivity contribution < 1.29 is 35.0 Å². The summed E-state index contributed by atoms with van der Waals surface area (Å²) >= 11 is 0. The molecule has 1 heterocycles. The Labute approximate surface area is 92.9 Å². The van der Waals surface area contributed by atoms with Gasteiger partial charge in [0.05, 0.1) is 12.7 Å². The van der Waals surface area contributed by atoms with Crippen LogP contribution < -0.4 is 0 Å². The molecule has 0 aliphatic carbocycles. The molecular formula is C9H18O7. The van der Waals surface area contributed by atoms with Crippen molar-refractivity contribution in [2.24, 2.45) is 0 Å². The Kier molecular flexibility index (Phi) is 4.24. The van der Waals surface area contributed by atoms with Crippen LogP contribution in [0.4, 0.5) is 0 Å². The van der Waals surface area contributed by atoms with E-state index >= 15 is 0 Å². The third-order valence-corrected chi connectivity index (χ3v) is 2.38. The molecule has 7 heteroatoms. The van der Waals surface area contributed by atoms with Crippen molar-refractivity contribution in [3.8, 4) is 0 Å². The fraction of sp³-hybridized carbons (Fsp3) is 1.00. The summed E-state index contributed by atoms with van der Waals surface area (Å²) in [6.07, 6.45) is -6.40. The Morgan fingerprint density at radius 3 is 2.31 bits per heavy atom. The molecule has 7 nitrogen and oxygen atoms in total. The van der Waals surface area contributed by atoms with E-state index in [1.165, 1.54) is 0 Å². The highest BCUT2D eigenvalue weighted by molar-refractivity contribution is 4.94. The van der Waals surface area contributed by atoms with Gasteiger partial charge in [-0.15, -0.1) is 0 Å². The van der Waals surface area contributed by atoms with Gasteiger partial charge in [0.15, 0.2) is 6.29 Å². The van der Waals surface area contributed by atoms with Crippen LogP contribution in [-0.2, 0) is 9.47 Å². The third-order valence-electron chi connectivity index (χ3n) is 2.38. The second-order valence-electron chi connectivity index (χ2n) is 4.08. The summed E-state index contributed by atoms with van der Waals surface area (Å²) in [7, 11) is 0. The van der Waals surface area contributed by atoms with E-state index < -0.39 is 37.0 Å². The Balaban J connectivity index is 2.79. The lowest BCUT2D eigenvalue weighted by Gasteiger charge is -2.44. The van der Waals surface area contributed by atoms with Crippen molar-refractivity contribution in [3.05, 3.63) is 0 Å². The minimum atomic E-state index is -2.70. The quantitative estimate of drug-likeness (QED) is 0.346. The van der Waals surface area contributed by atoms with Gasteiger partial charge < -0.3 is 35.0 Å². The number of hydrogen-bond acceptors (Lipinski definition) is 7. The van der Waals surface area contributed by atoms with E-state index in [4.69, 9.17) is 14.6 Å². The Hall–Kier alpha value is -0.280. The SMILES string of the molecule is CC(C)OC1OC(CO)C(O)(O)C(O)C1O. The van der Waals surface area contributed by atoms with Gasteiger partial charge >= 0.3 is 0 Å². The average molecular weight is 238 g/mol. The van der Waals surface area contributed by atoms with Gasteiger partial charge in [0.25, 0.3) is 0 Å². The zero-order valence-electron chi connectivity index (χ0n) is 9.15. The molecule has 4 unspecified atom stereocenters. The molecule has 4 atom stereocenters. The van der Waals surface area contributed by atoms with E-state index in [0.717, 1.165) is 0 Å². The molecular weight excluding hydrogens is 220 g/mol. The first kappa shape index (κ1) is 13.8. The van der Waals surface area contributed by atoms with E-state index in [1.54, 1.807) is 13.8 Å². The van der Waals surface area contributed by atoms with Crippen LogP contribution >= 0.6 is 0 Å². The summed E-state index contributed by atoms with van der Waals surface area (Å²) in [6.45, 7) is 2.67. The van der Waals surface area contributed by atoms with Gasteiger partial charge in [0, 0.05) is 0 Å². The number of ether oxygens (including phenoxy) is 2. The maximum absolute atomic E-state index is 9.53. The molecule has 5 N–H and O–H groups in total. The van der Waals surface area contributed by atoms with E-state index in [-0.39, 0.29) is 6.10 Å². The van der Waals surface area contributed by atoms with Gasteiger partial charge in [-0.25, -0.2) is 0 Å². The highest BCUT2D eigenvalue weighted by atomic mass is 16.7. The van der Waals surface area contributed by atoms with Gasteiger partial charge in [-0.3, -0.25) is 0 Å². The van der Waals surface area contributed by atoms with Crippen molar-refractivity contribution in [2.75, 3.05) is 6.61 Å². The molecule has 0 aromatic carbocycles. The van der Waals surface area contributed by atoms with E-state index in [2.05, 4.69) is 0 Å². The lowest BCUT2D eigenvalue weighted by Crippen LogP contribution is -2.67. The van der Waals surface area contributed by atoms with Gasteiger partial charge in [0.1, 0.15) is 18.3 Å². The molecule has 1 aliphatic rings. The molecule has 0 bridgehead atoms. The second kappa shape index (κ2) is 4.92. The Morgan fingerprint density at radius 2 is 1.88 bits per heavy atom. The smallest absolute Gasteiger partial charge is 0.221 e. The number of aliphatic hydroxyl groups excluding tert-OH is 3. The third kappa shape index (κ3) is 2.51. The molecule has 0 aromatic heterocycles. The van der Waals surface area contributed by atoms with Gasteiger partial charge in [-0.05, 0) is 13.8 Å². The normalized spacial score (nSPS) is 39.0. The molecule has 1 aliphatic heterocycles. The first-order chi connectivity index (χ1) is 7.30. The summed E-state index contributed by atoms with van der Waals surface area (Å²) < 4.78 is 10.1. The van der Waals surface area contributed by atoms with Gasteiger partial charge in [-0.2, -0.15) is 0 Å². The lowest BCUT2D eigenvalue weighted by molar-refractivity contribution is -0.389. The summed E-state index contributed by atoms with van der Waals surface area (Å²) in [5.41, 5.74) is 0. The summed E-state index contributed by atoms with van der Waals surface area (Å²) in [4.78, 5) is 0. The lowest BCUT2D eigenvalue weighted by atomic mass is 9.95. The highest BCUT2D eigenvalue weighted by Crippen LogP contribution is 2.28. The topological polar surface area (TPSA) is 120 Å². The molecule has 1 fully saturated rings. The predicted octanol–water partition coefficient (Wildman–Crippen LogP) is -2.47. The molecule has 16 heavy (non-hydrogen) atoms. The largest absolute Gasteiger partial charge is 0.393 e. The van der Waals surface area contributed by atoms with Crippen LogP contribution in [0.1, 0.15) is 13.8 Å². The van der Waals surface area contributed by atoms with Crippen LogP contribution in [0.5, 0.6) is 0 Å². The van der Waals surface area contributed by atoms with Crippen LogP contribution in [-0.4, -0.2) is 68.6 Å². The maximum atomic E-state index is 9.53. The molecule has 0 amide bonds. The highest BCUT2D eigenvalue weighted by Gasteiger charge is 2.54. The second-order valence-corrected chi connectivity index (χ2v) is 4.08. The monoisotopic (exact) mass is 238 g/mol. The van der Waals surface area contributed by atoms with Crippen molar-refractivity contribution in [1.29, 1.82) is 0 Å². The number of hydrogen-bond donors (Lipinski definition) is 5. The van der Waals surface area contributed by atoms with Crippen molar-refractivity contribution in [3.63, 3.8) is 0 Å².